The maximum absolute atomic E-state index is 11.7. The molecule has 0 rings (SSSR count). The van der Waals surface area contributed by atoms with Gasteiger partial charge in [-0.1, -0.05) is 96.8 Å². The predicted molar refractivity (Wildman–Crippen MR) is 132 cm³/mol. The minimum Gasteiger partial charge on any atom is -0.458 e. The molecule has 0 amide bonds. The van der Waals surface area contributed by atoms with E-state index in [9.17, 15) is 14.3 Å². The molecule has 9 heteroatoms. The van der Waals surface area contributed by atoms with Gasteiger partial charge in [-0.25, -0.2) is 4.57 Å². The van der Waals surface area contributed by atoms with Gasteiger partial charge in [-0.05, 0) is 6.42 Å². The van der Waals surface area contributed by atoms with Crippen molar-refractivity contribution < 1.29 is 32.8 Å². The van der Waals surface area contributed by atoms with Crippen LogP contribution in [0.15, 0.2) is 0 Å². The van der Waals surface area contributed by atoms with Crippen LogP contribution in [0.25, 0.3) is 0 Å². The molecule has 0 aromatic heterocycles. The number of nitrogens with two attached hydrogens (primary N) is 1. The van der Waals surface area contributed by atoms with E-state index in [2.05, 4.69) is 11.4 Å². The lowest BCUT2D eigenvalue weighted by atomic mass is 10.0. The highest BCUT2D eigenvalue weighted by atomic mass is 31.2. The van der Waals surface area contributed by atoms with Crippen LogP contribution in [0.4, 0.5) is 0 Å². The molecule has 0 spiro atoms. The minimum atomic E-state index is -4.21. The Labute approximate surface area is 201 Å². The number of esters is 1. The quantitative estimate of drug-likeness (QED) is 0.0913. The van der Waals surface area contributed by atoms with E-state index in [0.29, 0.717) is 6.61 Å². The zero-order valence-corrected chi connectivity index (χ0v) is 22.0. The van der Waals surface area contributed by atoms with E-state index in [1.807, 2.05) is 0 Å². The van der Waals surface area contributed by atoms with Crippen LogP contribution >= 0.6 is 7.82 Å². The third-order valence-electron chi connectivity index (χ3n) is 5.32. The third-order valence-corrected chi connectivity index (χ3v) is 6.31. The van der Waals surface area contributed by atoms with Crippen molar-refractivity contribution in [1.82, 2.24) is 0 Å². The summed E-state index contributed by atoms with van der Waals surface area (Å²) in [6, 6.07) is 0. The summed E-state index contributed by atoms with van der Waals surface area (Å²) in [4.78, 5) is 20.7. The molecule has 3 N–H and O–H groups in total. The van der Waals surface area contributed by atoms with Crippen molar-refractivity contribution in [3.63, 3.8) is 0 Å². The Hall–Kier alpha value is -0.500. The van der Waals surface area contributed by atoms with Crippen LogP contribution in [0, 0.1) is 0 Å². The summed E-state index contributed by atoms with van der Waals surface area (Å²) in [6.07, 6.45) is 18.8. The van der Waals surface area contributed by atoms with E-state index < -0.39 is 19.9 Å². The van der Waals surface area contributed by atoms with Gasteiger partial charge in [0, 0.05) is 20.1 Å². The van der Waals surface area contributed by atoms with Crippen LogP contribution in [0.5, 0.6) is 0 Å². The number of unbranched alkanes of at least 4 members (excludes halogenated alkanes) is 14. The van der Waals surface area contributed by atoms with Gasteiger partial charge in [-0.2, -0.15) is 0 Å². The van der Waals surface area contributed by atoms with Crippen LogP contribution in [0.3, 0.4) is 0 Å². The van der Waals surface area contributed by atoms with E-state index in [-0.39, 0.29) is 26.4 Å². The van der Waals surface area contributed by atoms with Crippen molar-refractivity contribution in [2.45, 2.75) is 116 Å². The molecule has 0 bridgehead atoms. The van der Waals surface area contributed by atoms with Crippen molar-refractivity contribution in [3.8, 4) is 0 Å². The van der Waals surface area contributed by atoms with Crippen molar-refractivity contribution in [2.24, 2.45) is 5.73 Å². The fourth-order valence-electron chi connectivity index (χ4n) is 3.52. The molecule has 0 radical (unpaired) electrons. The average Bonchev–Trinajstić information content (AvgIpc) is 2.77. The fraction of sp³-hybridized carbons (Fsp3) is 0.958. The molecule has 0 aliphatic carbocycles. The summed E-state index contributed by atoms with van der Waals surface area (Å²) in [6.45, 7) is 3.91. The highest BCUT2D eigenvalue weighted by molar-refractivity contribution is 7.47. The number of carbonyl (C=O) groups is 1. The first-order valence-electron chi connectivity index (χ1n) is 13.0. The normalized spacial score (nSPS) is 14.2. The second-order valence-corrected chi connectivity index (χ2v) is 10.1. The number of ether oxygens (including phenoxy) is 2. The molecule has 0 aromatic carbocycles. The lowest BCUT2D eigenvalue weighted by Gasteiger charge is -2.19. The summed E-state index contributed by atoms with van der Waals surface area (Å²) in [7, 11) is -4.21. The highest BCUT2D eigenvalue weighted by Crippen LogP contribution is 2.43. The zero-order valence-electron chi connectivity index (χ0n) is 21.1. The van der Waals surface area contributed by atoms with Crippen molar-refractivity contribution in [1.29, 1.82) is 0 Å². The van der Waals surface area contributed by atoms with E-state index >= 15 is 0 Å². The minimum absolute atomic E-state index is 0.0955. The first-order chi connectivity index (χ1) is 15.9. The van der Waals surface area contributed by atoms with Crippen LogP contribution in [0.1, 0.15) is 110 Å². The number of hydrogen-bond donors (Lipinski definition) is 2. The molecule has 0 saturated heterocycles. The summed E-state index contributed by atoms with van der Waals surface area (Å²) in [5, 5.41) is 0. The standard InChI is InChI=1S/C24H50NO7P/c1-3-4-5-6-7-8-9-10-11-12-13-14-15-16-17-19-29-21-24(32-23(2)26)22-31-33(27,28)30-20-18-25/h24H,3-22,25H2,1-2H3,(H,27,28). The van der Waals surface area contributed by atoms with Gasteiger partial charge in [-0.3, -0.25) is 13.8 Å². The summed E-state index contributed by atoms with van der Waals surface area (Å²) in [5.41, 5.74) is 5.23. The van der Waals surface area contributed by atoms with E-state index in [4.69, 9.17) is 19.7 Å². The Morgan fingerprint density at radius 2 is 1.27 bits per heavy atom. The van der Waals surface area contributed by atoms with Gasteiger partial charge in [0.05, 0.1) is 19.8 Å². The fourth-order valence-corrected chi connectivity index (χ4v) is 4.29. The summed E-state index contributed by atoms with van der Waals surface area (Å²) >= 11 is 0. The topological polar surface area (TPSA) is 117 Å². The van der Waals surface area contributed by atoms with Crippen LogP contribution in [-0.2, 0) is 27.9 Å². The molecule has 0 heterocycles. The molecule has 2 unspecified atom stereocenters. The molecule has 0 aliphatic rings. The third kappa shape index (κ3) is 24.4. The van der Waals surface area contributed by atoms with Gasteiger partial charge in [-0.15, -0.1) is 0 Å². The van der Waals surface area contributed by atoms with Crippen LogP contribution in [0.2, 0.25) is 0 Å². The highest BCUT2D eigenvalue weighted by Gasteiger charge is 2.24. The molecule has 0 aliphatic heterocycles. The second kappa shape index (κ2) is 23.3. The van der Waals surface area contributed by atoms with E-state index in [1.165, 1.54) is 90.4 Å². The first-order valence-corrected chi connectivity index (χ1v) is 14.5. The Balaban J connectivity index is 3.60. The molecule has 8 nitrogen and oxygen atoms in total. The van der Waals surface area contributed by atoms with Gasteiger partial charge < -0.3 is 20.1 Å². The zero-order chi connectivity index (χ0) is 24.6. The van der Waals surface area contributed by atoms with E-state index in [0.717, 1.165) is 12.8 Å². The Morgan fingerprint density at radius 3 is 1.73 bits per heavy atom. The van der Waals surface area contributed by atoms with Gasteiger partial charge in [0.25, 0.3) is 0 Å². The van der Waals surface area contributed by atoms with Crippen molar-refractivity contribution in [3.05, 3.63) is 0 Å². The molecule has 2 atom stereocenters. The number of phosphoric ester groups is 1. The lowest BCUT2D eigenvalue weighted by Crippen LogP contribution is -2.27. The van der Waals surface area contributed by atoms with E-state index in [1.54, 1.807) is 0 Å². The maximum Gasteiger partial charge on any atom is 0.472 e. The average molecular weight is 496 g/mol. The monoisotopic (exact) mass is 495 g/mol. The SMILES string of the molecule is CCCCCCCCCCCCCCCCCOCC(COP(=O)(O)OCCN)OC(C)=O. The smallest absolute Gasteiger partial charge is 0.458 e. The van der Waals surface area contributed by atoms with Gasteiger partial charge in [0.15, 0.2) is 0 Å². The number of carbonyl (C=O) groups excluding carboxylic acids is 1. The molecular weight excluding hydrogens is 445 g/mol. The molecule has 0 fully saturated rings. The maximum atomic E-state index is 11.7. The number of rotatable bonds is 25. The Kier molecular flexibility index (Phi) is 22.9. The summed E-state index contributed by atoms with van der Waals surface area (Å²) < 4.78 is 31.8. The van der Waals surface area contributed by atoms with Crippen LogP contribution in [-0.4, -0.2) is 49.9 Å². The Morgan fingerprint density at radius 1 is 0.788 bits per heavy atom. The van der Waals surface area contributed by atoms with Gasteiger partial charge in [0.1, 0.15) is 6.10 Å². The van der Waals surface area contributed by atoms with Gasteiger partial charge >= 0.3 is 13.8 Å². The second-order valence-electron chi connectivity index (χ2n) is 8.64. The Bertz CT molecular complexity index is 493. The largest absolute Gasteiger partial charge is 0.472 e. The molecule has 33 heavy (non-hydrogen) atoms. The van der Waals surface area contributed by atoms with Crippen molar-refractivity contribution in [2.75, 3.05) is 33.0 Å². The van der Waals surface area contributed by atoms with Crippen LogP contribution < -0.4 is 5.73 Å². The van der Waals surface area contributed by atoms with Crippen molar-refractivity contribution >= 4 is 13.8 Å². The number of phosphoric acid groups is 1. The summed E-state index contributed by atoms with van der Waals surface area (Å²) in [5.74, 6) is -0.505. The molecule has 0 aromatic rings. The molecule has 0 saturated carbocycles. The van der Waals surface area contributed by atoms with Gasteiger partial charge in [0.2, 0.25) is 0 Å². The lowest BCUT2D eigenvalue weighted by molar-refractivity contribution is -0.151. The molecular formula is C24H50NO7P. The molecule has 198 valence electrons. The first kappa shape index (κ1) is 32.5. The number of hydrogen-bond acceptors (Lipinski definition) is 7. The predicted octanol–water partition coefficient (Wildman–Crippen LogP) is 5.90.